The quantitative estimate of drug-likeness (QED) is 0.385. The van der Waals surface area contributed by atoms with Crippen molar-refractivity contribution in [3.05, 3.63) is 48.0 Å². The van der Waals surface area contributed by atoms with Crippen LogP contribution in [0.3, 0.4) is 0 Å². The summed E-state index contributed by atoms with van der Waals surface area (Å²) in [7, 11) is 0. The monoisotopic (exact) mass is 477 g/mol. The first kappa shape index (κ1) is 24.7. The molecular formula is C27H35N5O3. The Morgan fingerprint density at radius 1 is 1.06 bits per heavy atom. The van der Waals surface area contributed by atoms with E-state index in [1.807, 2.05) is 38.1 Å². The van der Waals surface area contributed by atoms with Crippen molar-refractivity contribution in [2.75, 3.05) is 0 Å². The van der Waals surface area contributed by atoms with Crippen LogP contribution in [0, 0.1) is 5.92 Å². The van der Waals surface area contributed by atoms with Crippen LogP contribution in [-0.4, -0.2) is 39.1 Å². The Bertz CT molecular complexity index is 1140. The molecule has 3 N–H and O–H groups in total. The fourth-order valence-electron chi connectivity index (χ4n) is 4.70. The summed E-state index contributed by atoms with van der Waals surface area (Å²) in [5.41, 5.74) is 2.64. The van der Waals surface area contributed by atoms with Crippen molar-refractivity contribution < 1.29 is 14.0 Å². The van der Waals surface area contributed by atoms with E-state index in [9.17, 15) is 9.59 Å². The molecule has 186 valence electrons. The second-order valence-electron chi connectivity index (χ2n) is 9.42. The molecule has 2 amide bonds. The van der Waals surface area contributed by atoms with E-state index < -0.39 is 0 Å². The molecule has 4 rings (SSSR count). The lowest BCUT2D eigenvalue weighted by Gasteiger charge is -2.27. The smallest absolute Gasteiger partial charge is 0.288 e. The summed E-state index contributed by atoms with van der Waals surface area (Å²) in [6, 6.07) is 9.54. The highest BCUT2D eigenvalue weighted by atomic mass is 16.4. The molecule has 1 saturated carbocycles. The third-order valence-electron chi connectivity index (χ3n) is 7.00. The number of carbonyl (C=O) groups is 2. The molecular weight excluding hydrogens is 442 g/mol. The highest BCUT2D eigenvalue weighted by molar-refractivity contribution is 5.93. The fourth-order valence-corrected chi connectivity index (χ4v) is 4.70. The molecule has 8 nitrogen and oxygen atoms in total. The van der Waals surface area contributed by atoms with Crippen LogP contribution in [0.5, 0.6) is 0 Å². The molecule has 0 bridgehead atoms. The largest absolute Gasteiger partial charge is 0.431 e. The molecule has 2 heterocycles. The molecule has 3 aromatic rings. The maximum absolute atomic E-state index is 12.7. The fraction of sp³-hybridized carbons (Fsp3) is 0.481. The number of hydrogen-bond acceptors (Lipinski definition) is 5. The Morgan fingerprint density at radius 3 is 2.54 bits per heavy atom. The highest BCUT2D eigenvalue weighted by Crippen LogP contribution is 2.28. The van der Waals surface area contributed by atoms with E-state index in [1.165, 1.54) is 25.5 Å². The Labute approximate surface area is 206 Å². The summed E-state index contributed by atoms with van der Waals surface area (Å²) >= 11 is 0. The maximum atomic E-state index is 12.7. The Hall–Kier alpha value is -3.42. The van der Waals surface area contributed by atoms with E-state index in [4.69, 9.17) is 4.42 Å². The molecule has 1 fully saturated rings. The van der Waals surface area contributed by atoms with Crippen LogP contribution in [0.1, 0.15) is 86.8 Å². The van der Waals surface area contributed by atoms with Crippen molar-refractivity contribution >= 4 is 11.8 Å². The van der Waals surface area contributed by atoms with E-state index in [1.54, 1.807) is 6.07 Å². The third-order valence-corrected chi connectivity index (χ3v) is 7.00. The highest BCUT2D eigenvalue weighted by Gasteiger charge is 2.23. The molecule has 8 heteroatoms. The van der Waals surface area contributed by atoms with Gasteiger partial charge in [0.1, 0.15) is 0 Å². The SMILES string of the molecule is CCC(CC)NC(=O)c1cc(-c2cccc(-c3ncc(C(=O)N[C@@H](C)C4CCCCC4)o3)c2)[nH]n1. The van der Waals surface area contributed by atoms with Gasteiger partial charge in [0.2, 0.25) is 11.7 Å². The predicted octanol–water partition coefficient (Wildman–Crippen LogP) is 5.35. The van der Waals surface area contributed by atoms with Crippen LogP contribution >= 0.6 is 0 Å². The van der Waals surface area contributed by atoms with Crippen molar-refractivity contribution in [2.24, 2.45) is 5.92 Å². The third kappa shape index (κ3) is 5.99. The van der Waals surface area contributed by atoms with Gasteiger partial charge in [-0.25, -0.2) is 4.98 Å². The lowest BCUT2D eigenvalue weighted by molar-refractivity contribution is 0.0890. The van der Waals surface area contributed by atoms with Gasteiger partial charge in [0.25, 0.3) is 11.8 Å². The first-order chi connectivity index (χ1) is 17.0. The van der Waals surface area contributed by atoms with Crippen LogP contribution < -0.4 is 10.6 Å². The summed E-state index contributed by atoms with van der Waals surface area (Å²) in [4.78, 5) is 29.5. The van der Waals surface area contributed by atoms with Gasteiger partial charge in [0.15, 0.2) is 5.69 Å². The van der Waals surface area contributed by atoms with Gasteiger partial charge >= 0.3 is 0 Å². The molecule has 1 aliphatic carbocycles. The van der Waals surface area contributed by atoms with Gasteiger partial charge in [0.05, 0.1) is 11.9 Å². The summed E-state index contributed by atoms with van der Waals surface area (Å²) < 4.78 is 5.81. The van der Waals surface area contributed by atoms with Gasteiger partial charge in [-0.1, -0.05) is 45.2 Å². The maximum Gasteiger partial charge on any atom is 0.288 e. The minimum atomic E-state index is -0.236. The normalized spacial score (nSPS) is 15.2. The van der Waals surface area contributed by atoms with Crippen molar-refractivity contribution in [3.63, 3.8) is 0 Å². The number of oxazole rings is 1. The standard InChI is InChI=1S/C27H35N5O3/c1-4-21(5-2)30-25(33)23-15-22(31-32-23)19-12-9-13-20(14-19)27-28-16-24(35-27)26(34)29-17(3)18-10-7-6-8-11-18/h9,12-18,21H,4-8,10-11H2,1-3H3,(H,29,34)(H,30,33)(H,31,32)/t17-/m0/s1. The number of nitrogens with one attached hydrogen (secondary N) is 3. The van der Waals surface area contributed by atoms with Crippen LogP contribution in [-0.2, 0) is 0 Å². The Morgan fingerprint density at radius 2 is 1.80 bits per heavy atom. The van der Waals surface area contributed by atoms with E-state index in [2.05, 4.69) is 32.7 Å². The summed E-state index contributed by atoms with van der Waals surface area (Å²) in [5.74, 6) is 0.661. The zero-order valence-electron chi connectivity index (χ0n) is 20.8. The van der Waals surface area contributed by atoms with Crippen molar-refractivity contribution in [2.45, 2.75) is 77.8 Å². The van der Waals surface area contributed by atoms with E-state index in [0.717, 1.165) is 36.8 Å². The molecule has 1 aromatic carbocycles. The van der Waals surface area contributed by atoms with Gasteiger partial charge in [0, 0.05) is 23.2 Å². The zero-order chi connectivity index (χ0) is 24.8. The van der Waals surface area contributed by atoms with E-state index in [-0.39, 0.29) is 29.7 Å². The number of nitrogens with zero attached hydrogens (tertiary/aromatic N) is 2. The Balaban J connectivity index is 1.44. The summed E-state index contributed by atoms with van der Waals surface area (Å²) in [5, 5.41) is 13.2. The molecule has 1 aliphatic rings. The van der Waals surface area contributed by atoms with Crippen LogP contribution in [0.25, 0.3) is 22.7 Å². The first-order valence-corrected chi connectivity index (χ1v) is 12.7. The van der Waals surface area contributed by atoms with Crippen molar-refractivity contribution in [1.29, 1.82) is 0 Å². The Kier molecular flexibility index (Phi) is 8.00. The number of aromatic nitrogens is 3. The number of hydrogen-bond donors (Lipinski definition) is 3. The average molecular weight is 478 g/mol. The molecule has 2 aromatic heterocycles. The number of rotatable bonds is 9. The zero-order valence-corrected chi connectivity index (χ0v) is 20.8. The van der Waals surface area contributed by atoms with Crippen LogP contribution in [0.15, 0.2) is 40.9 Å². The molecule has 0 spiro atoms. The molecule has 35 heavy (non-hydrogen) atoms. The van der Waals surface area contributed by atoms with Gasteiger partial charge in [-0.2, -0.15) is 5.10 Å². The number of amides is 2. The number of carbonyl (C=O) groups excluding carboxylic acids is 2. The lowest BCUT2D eigenvalue weighted by atomic mass is 9.84. The molecule has 0 saturated heterocycles. The van der Waals surface area contributed by atoms with Gasteiger partial charge in [-0.3, -0.25) is 14.7 Å². The second kappa shape index (κ2) is 11.3. The average Bonchev–Trinajstić information content (AvgIpc) is 3.58. The van der Waals surface area contributed by atoms with Gasteiger partial charge < -0.3 is 15.1 Å². The lowest BCUT2D eigenvalue weighted by Crippen LogP contribution is -2.38. The van der Waals surface area contributed by atoms with Gasteiger partial charge in [-0.05, 0) is 56.7 Å². The minimum absolute atomic E-state index is 0.108. The summed E-state index contributed by atoms with van der Waals surface area (Å²) in [6.07, 6.45) is 9.28. The molecule has 0 unspecified atom stereocenters. The number of benzene rings is 1. The summed E-state index contributed by atoms with van der Waals surface area (Å²) in [6.45, 7) is 6.16. The van der Waals surface area contributed by atoms with Crippen LogP contribution in [0.4, 0.5) is 0 Å². The molecule has 0 aliphatic heterocycles. The topological polar surface area (TPSA) is 113 Å². The second-order valence-corrected chi connectivity index (χ2v) is 9.42. The minimum Gasteiger partial charge on any atom is -0.431 e. The number of H-pyrrole nitrogens is 1. The predicted molar refractivity (Wildman–Crippen MR) is 135 cm³/mol. The molecule has 1 atom stereocenters. The van der Waals surface area contributed by atoms with E-state index >= 15 is 0 Å². The van der Waals surface area contributed by atoms with Crippen LogP contribution in [0.2, 0.25) is 0 Å². The van der Waals surface area contributed by atoms with Crippen molar-refractivity contribution in [3.8, 4) is 22.7 Å². The first-order valence-electron chi connectivity index (χ1n) is 12.7. The van der Waals surface area contributed by atoms with Gasteiger partial charge in [-0.15, -0.1) is 0 Å². The van der Waals surface area contributed by atoms with Crippen molar-refractivity contribution in [1.82, 2.24) is 25.8 Å². The molecule has 0 radical (unpaired) electrons. The number of aromatic amines is 1. The van der Waals surface area contributed by atoms with E-state index in [0.29, 0.717) is 23.2 Å².